The molecule has 1 heterocycles. The molecule has 5 heteroatoms. The van der Waals surface area contributed by atoms with E-state index in [-0.39, 0.29) is 6.10 Å². The standard InChI is InChI=1S/C12H21N3O2/c1-4-7-13-8-11-5-6-12(15-14-11)17-10(2)9-16-3/h5-6,10,13H,4,7-9H2,1-3H3. The van der Waals surface area contributed by atoms with Crippen molar-refractivity contribution in [1.82, 2.24) is 15.5 Å². The van der Waals surface area contributed by atoms with Gasteiger partial charge in [-0.05, 0) is 26.0 Å². The number of ether oxygens (including phenoxy) is 2. The van der Waals surface area contributed by atoms with Crippen LogP contribution in [0.5, 0.6) is 5.88 Å². The lowest BCUT2D eigenvalue weighted by Gasteiger charge is -2.12. The molecule has 0 radical (unpaired) electrons. The summed E-state index contributed by atoms with van der Waals surface area (Å²) in [6, 6.07) is 3.76. The maximum Gasteiger partial charge on any atom is 0.233 e. The van der Waals surface area contributed by atoms with Crippen LogP contribution in [-0.4, -0.2) is 36.6 Å². The van der Waals surface area contributed by atoms with Crippen LogP contribution in [0.15, 0.2) is 12.1 Å². The Morgan fingerprint density at radius 3 is 2.76 bits per heavy atom. The molecule has 0 bridgehead atoms. The molecule has 1 unspecified atom stereocenters. The zero-order chi connectivity index (χ0) is 12.5. The smallest absolute Gasteiger partial charge is 0.233 e. The summed E-state index contributed by atoms with van der Waals surface area (Å²) < 4.78 is 10.5. The molecule has 1 atom stereocenters. The minimum absolute atomic E-state index is 0.0154. The van der Waals surface area contributed by atoms with Gasteiger partial charge in [-0.3, -0.25) is 0 Å². The van der Waals surface area contributed by atoms with Crippen LogP contribution in [0.1, 0.15) is 26.0 Å². The molecule has 1 rings (SSSR count). The molecule has 0 amide bonds. The predicted molar refractivity (Wildman–Crippen MR) is 66.0 cm³/mol. The number of hydrogen-bond acceptors (Lipinski definition) is 5. The van der Waals surface area contributed by atoms with E-state index in [1.54, 1.807) is 7.11 Å². The van der Waals surface area contributed by atoms with E-state index in [1.807, 2.05) is 19.1 Å². The van der Waals surface area contributed by atoms with Gasteiger partial charge in [0.2, 0.25) is 5.88 Å². The average Bonchev–Trinajstić information content (AvgIpc) is 2.32. The Bertz CT molecular complexity index is 303. The lowest BCUT2D eigenvalue weighted by molar-refractivity contribution is 0.0882. The molecule has 0 saturated heterocycles. The van der Waals surface area contributed by atoms with Gasteiger partial charge in [0.15, 0.2) is 0 Å². The normalized spacial score (nSPS) is 12.4. The third kappa shape index (κ3) is 5.60. The van der Waals surface area contributed by atoms with Gasteiger partial charge >= 0.3 is 0 Å². The van der Waals surface area contributed by atoms with E-state index in [0.29, 0.717) is 12.5 Å². The van der Waals surface area contributed by atoms with Gasteiger partial charge in [-0.15, -0.1) is 5.10 Å². The first-order chi connectivity index (χ1) is 8.26. The van der Waals surface area contributed by atoms with Crippen LogP contribution in [0.2, 0.25) is 0 Å². The monoisotopic (exact) mass is 239 g/mol. The van der Waals surface area contributed by atoms with E-state index in [0.717, 1.165) is 25.2 Å². The van der Waals surface area contributed by atoms with Crippen molar-refractivity contribution in [3.05, 3.63) is 17.8 Å². The fraction of sp³-hybridized carbons (Fsp3) is 0.667. The highest BCUT2D eigenvalue weighted by Crippen LogP contribution is 2.07. The van der Waals surface area contributed by atoms with E-state index in [1.165, 1.54) is 0 Å². The minimum Gasteiger partial charge on any atom is -0.471 e. The van der Waals surface area contributed by atoms with Crippen LogP contribution in [0, 0.1) is 0 Å². The Labute approximate surface area is 103 Å². The quantitative estimate of drug-likeness (QED) is 0.695. The van der Waals surface area contributed by atoms with E-state index in [2.05, 4.69) is 22.4 Å². The molecule has 0 aliphatic carbocycles. The Balaban J connectivity index is 2.39. The Morgan fingerprint density at radius 1 is 1.35 bits per heavy atom. The van der Waals surface area contributed by atoms with Crippen molar-refractivity contribution < 1.29 is 9.47 Å². The van der Waals surface area contributed by atoms with Crippen LogP contribution in [0.4, 0.5) is 0 Å². The average molecular weight is 239 g/mol. The molecule has 1 aromatic heterocycles. The number of nitrogens with zero attached hydrogens (tertiary/aromatic N) is 2. The highest BCUT2D eigenvalue weighted by atomic mass is 16.5. The number of nitrogens with one attached hydrogen (secondary N) is 1. The molecular formula is C12H21N3O2. The maximum absolute atomic E-state index is 5.52. The summed E-state index contributed by atoms with van der Waals surface area (Å²) in [6.07, 6.45) is 1.10. The zero-order valence-electron chi connectivity index (χ0n) is 10.8. The first kappa shape index (κ1) is 13.9. The van der Waals surface area contributed by atoms with Gasteiger partial charge in [0.05, 0.1) is 12.3 Å². The zero-order valence-corrected chi connectivity index (χ0v) is 10.8. The Kier molecular flexibility index (Phi) is 6.50. The SMILES string of the molecule is CCCNCc1ccc(OC(C)COC)nn1. The van der Waals surface area contributed by atoms with Gasteiger partial charge in [0.25, 0.3) is 0 Å². The summed E-state index contributed by atoms with van der Waals surface area (Å²) in [4.78, 5) is 0. The lowest BCUT2D eigenvalue weighted by Crippen LogP contribution is -2.19. The fourth-order valence-electron chi connectivity index (χ4n) is 1.37. The van der Waals surface area contributed by atoms with Gasteiger partial charge < -0.3 is 14.8 Å². The number of aromatic nitrogens is 2. The van der Waals surface area contributed by atoms with Crippen molar-refractivity contribution in [2.24, 2.45) is 0 Å². The van der Waals surface area contributed by atoms with Gasteiger partial charge in [0.1, 0.15) is 6.10 Å². The highest BCUT2D eigenvalue weighted by Gasteiger charge is 2.04. The van der Waals surface area contributed by atoms with Crippen molar-refractivity contribution in [1.29, 1.82) is 0 Å². The van der Waals surface area contributed by atoms with E-state index in [9.17, 15) is 0 Å². The van der Waals surface area contributed by atoms with Crippen LogP contribution < -0.4 is 10.1 Å². The molecule has 0 aromatic carbocycles. The third-order valence-corrected chi connectivity index (χ3v) is 2.15. The van der Waals surface area contributed by atoms with Gasteiger partial charge in [0, 0.05) is 19.7 Å². The van der Waals surface area contributed by atoms with Crippen molar-refractivity contribution in [3.63, 3.8) is 0 Å². The molecule has 0 aliphatic rings. The summed E-state index contributed by atoms with van der Waals surface area (Å²) in [5, 5.41) is 11.4. The fourth-order valence-corrected chi connectivity index (χ4v) is 1.37. The summed E-state index contributed by atoms with van der Waals surface area (Å²) >= 11 is 0. The lowest BCUT2D eigenvalue weighted by atomic mass is 10.3. The first-order valence-electron chi connectivity index (χ1n) is 5.95. The van der Waals surface area contributed by atoms with Gasteiger partial charge in [-0.2, -0.15) is 5.10 Å². The Morgan fingerprint density at radius 2 is 2.18 bits per heavy atom. The second-order valence-electron chi connectivity index (χ2n) is 3.92. The third-order valence-electron chi connectivity index (χ3n) is 2.15. The van der Waals surface area contributed by atoms with Crippen molar-refractivity contribution in [2.75, 3.05) is 20.3 Å². The molecule has 1 N–H and O–H groups in total. The summed E-state index contributed by atoms with van der Waals surface area (Å²) in [5.74, 6) is 0.536. The second kappa shape index (κ2) is 7.97. The first-order valence-corrected chi connectivity index (χ1v) is 5.95. The predicted octanol–water partition coefficient (Wildman–Crippen LogP) is 1.39. The minimum atomic E-state index is -0.0154. The van der Waals surface area contributed by atoms with Crippen molar-refractivity contribution in [2.45, 2.75) is 32.9 Å². The Hall–Kier alpha value is -1.20. The van der Waals surface area contributed by atoms with Crippen LogP contribution in [0.25, 0.3) is 0 Å². The molecule has 17 heavy (non-hydrogen) atoms. The van der Waals surface area contributed by atoms with Crippen LogP contribution in [0.3, 0.4) is 0 Å². The molecular weight excluding hydrogens is 218 g/mol. The summed E-state index contributed by atoms with van der Waals surface area (Å²) in [6.45, 7) is 6.34. The molecule has 0 saturated carbocycles. The molecule has 96 valence electrons. The molecule has 0 spiro atoms. The summed E-state index contributed by atoms with van der Waals surface area (Å²) in [5.41, 5.74) is 0.921. The molecule has 1 aromatic rings. The molecule has 0 aliphatic heterocycles. The highest BCUT2D eigenvalue weighted by molar-refractivity contribution is 5.11. The number of methoxy groups -OCH3 is 1. The molecule has 5 nitrogen and oxygen atoms in total. The number of rotatable bonds is 8. The largest absolute Gasteiger partial charge is 0.471 e. The van der Waals surface area contributed by atoms with Crippen molar-refractivity contribution in [3.8, 4) is 5.88 Å². The van der Waals surface area contributed by atoms with E-state index < -0.39 is 0 Å². The second-order valence-corrected chi connectivity index (χ2v) is 3.92. The van der Waals surface area contributed by atoms with E-state index in [4.69, 9.17) is 9.47 Å². The van der Waals surface area contributed by atoms with Gasteiger partial charge in [-0.1, -0.05) is 6.92 Å². The van der Waals surface area contributed by atoms with E-state index >= 15 is 0 Å². The van der Waals surface area contributed by atoms with Crippen LogP contribution >= 0.6 is 0 Å². The topological polar surface area (TPSA) is 56.3 Å². The molecule has 0 fully saturated rings. The summed E-state index contributed by atoms with van der Waals surface area (Å²) in [7, 11) is 1.65. The van der Waals surface area contributed by atoms with Crippen LogP contribution in [-0.2, 0) is 11.3 Å². The van der Waals surface area contributed by atoms with Gasteiger partial charge in [-0.25, -0.2) is 0 Å². The maximum atomic E-state index is 5.52. The number of hydrogen-bond donors (Lipinski definition) is 1. The van der Waals surface area contributed by atoms with Crippen molar-refractivity contribution >= 4 is 0 Å².